The van der Waals surface area contributed by atoms with Crippen LogP contribution in [0.1, 0.15) is 30.1 Å². The Morgan fingerprint density at radius 2 is 1.77 bits per heavy atom. The van der Waals surface area contributed by atoms with E-state index in [1.54, 1.807) is 37.4 Å². The molecule has 0 aromatic heterocycles. The van der Waals surface area contributed by atoms with Crippen LogP contribution >= 0.6 is 0 Å². The monoisotopic (exact) mass is 413 g/mol. The van der Waals surface area contributed by atoms with Gasteiger partial charge < -0.3 is 19.3 Å². The highest BCUT2D eigenvalue weighted by Crippen LogP contribution is 2.29. The van der Waals surface area contributed by atoms with Gasteiger partial charge in [-0.1, -0.05) is 13.3 Å². The Morgan fingerprint density at radius 1 is 1.07 bits per heavy atom. The fourth-order valence-electron chi connectivity index (χ4n) is 3.38. The summed E-state index contributed by atoms with van der Waals surface area (Å²) in [4.78, 5) is 27.3. The van der Waals surface area contributed by atoms with Crippen molar-refractivity contribution in [2.24, 2.45) is 0 Å². The van der Waals surface area contributed by atoms with Crippen LogP contribution in [0, 0.1) is 10.1 Å². The Morgan fingerprint density at radius 3 is 2.37 bits per heavy atom. The molecule has 2 aromatic rings. The molecule has 1 fully saturated rings. The summed E-state index contributed by atoms with van der Waals surface area (Å²) in [6.07, 6.45) is 2.01. The fraction of sp³-hybridized carbons (Fsp3) is 0.409. The molecule has 1 heterocycles. The van der Waals surface area contributed by atoms with E-state index >= 15 is 0 Å². The number of hydrogen-bond donors (Lipinski definition) is 0. The number of carbonyl (C=O) groups excluding carboxylic acids is 1. The SMILES string of the molecule is CCCCOc1ccc(C(=O)N2CCN(c3ccc([N+](=O)[O-])cc3)CC2)cc1OC. The summed E-state index contributed by atoms with van der Waals surface area (Å²) in [6, 6.07) is 11.8. The second-order valence-corrected chi connectivity index (χ2v) is 7.12. The van der Waals surface area contributed by atoms with E-state index in [1.807, 2.05) is 4.90 Å². The number of nitro benzene ring substituents is 1. The van der Waals surface area contributed by atoms with Crippen molar-refractivity contribution in [3.05, 3.63) is 58.1 Å². The van der Waals surface area contributed by atoms with Crippen LogP contribution in [0.15, 0.2) is 42.5 Å². The summed E-state index contributed by atoms with van der Waals surface area (Å²) in [7, 11) is 1.57. The highest BCUT2D eigenvalue weighted by Gasteiger charge is 2.23. The maximum Gasteiger partial charge on any atom is 0.269 e. The molecule has 1 aliphatic rings. The molecule has 8 heteroatoms. The van der Waals surface area contributed by atoms with Gasteiger partial charge in [-0.3, -0.25) is 14.9 Å². The molecule has 1 amide bonds. The van der Waals surface area contributed by atoms with Gasteiger partial charge in [-0.15, -0.1) is 0 Å². The normalized spacial score (nSPS) is 13.8. The van der Waals surface area contributed by atoms with E-state index in [9.17, 15) is 14.9 Å². The minimum absolute atomic E-state index is 0.0447. The van der Waals surface area contributed by atoms with Crippen LogP contribution in [0.25, 0.3) is 0 Å². The number of nitro groups is 1. The Bertz CT molecular complexity index is 877. The third kappa shape index (κ3) is 5.00. The fourth-order valence-corrected chi connectivity index (χ4v) is 3.38. The number of hydrogen-bond acceptors (Lipinski definition) is 6. The van der Waals surface area contributed by atoms with Gasteiger partial charge in [0.25, 0.3) is 11.6 Å². The maximum absolute atomic E-state index is 12.9. The van der Waals surface area contributed by atoms with Gasteiger partial charge in [-0.05, 0) is 36.8 Å². The first kappa shape index (κ1) is 21.4. The zero-order valence-corrected chi connectivity index (χ0v) is 17.4. The molecule has 1 aliphatic heterocycles. The molecular formula is C22H27N3O5. The number of rotatable bonds is 8. The Labute approximate surface area is 176 Å². The lowest BCUT2D eigenvalue weighted by Crippen LogP contribution is -2.48. The first-order valence-corrected chi connectivity index (χ1v) is 10.1. The van der Waals surface area contributed by atoms with Crippen molar-refractivity contribution in [1.29, 1.82) is 0 Å². The second-order valence-electron chi connectivity index (χ2n) is 7.12. The van der Waals surface area contributed by atoms with Crippen LogP contribution in [-0.4, -0.2) is 55.6 Å². The first-order chi connectivity index (χ1) is 14.5. The van der Waals surface area contributed by atoms with Crippen molar-refractivity contribution >= 4 is 17.3 Å². The average Bonchev–Trinajstić information content (AvgIpc) is 2.79. The van der Waals surface area contributed by atoms with Crippen LogP contribution in [0.2, 0.25) is 0 Å². The number of nitrogens with zero attached hydrogens (tertiary/aromatic N) is 3. The van der Waals surface area contributed by atoms with E-state index in [4.69, 9.17) is 9.47 Å². The van der Waals surface area contributed by atoms with Crippen LogP contribution < -0.4 is 14.4 Å². The molecular weight excluding hydrogens is 386 g/mol. The van der Waals surface area contributed by atoms with Gasteiger partial charge in [0, 0.05) is 49.6 Å². The molecule has 0 saturated carbocycles. The molecule has 0 bridgehead atoms. The number of methoxy groups -OCH3 is 1. The lowest BCUT2D eigenvalue weighted by Gasteiger charge is -2.36. The molecule has 0 N–H and O–H groups in total. The molecule has 2 aromatic carbocycles. The van der Waals surface area contributed by atoms with Crippen LogP contribution in [-0.2, 0) is 0 Å². The minimum atomic E-state index is -0.408. The Hall–Kier alpha value is -3.29. The third-order valence-electron chi connectivity index (χ3n) is 5.16. The van der Waals surface area contributed by atoms with E-state index in [0.717, 1.165) is 18.5 Å². The molecule has 0 radical (unpaired) electrons. The summed E-state index contributed by atoms with van der Waals surface area (Å²) in [5.41, 5.74) is 1.56. The molecule has 0 aliphatic carbocycles. The summed E-state index contributed by atoms with van der Waals surface area (Å²) in [6.45, 7) is 5.20. The number of anilines is 1. The van der Waals surface area contributed by atoms with Crippen molar-refractivity contribution in [2.45, 2.75) is 19.8 Å². The third-order valence-corrected chi connectivity index (χ3v) is 5.16. The van der Waals surface area contributed by atoms with Gasteiger partial charge in [-0.2, -0.15) is 0 Å². The quantitative estimate of drug-likeness (QED) is 0.372. The zero-order valence-electron chi connectivity index (χ0n) is 17.4. The number of piperazine rings is 1. The number of non-ortho nitro benzene ring substituents is 1. The van der Waals surface area contributed by atoms with Gasteiger partial charge in [0.2, 0.25) is 0 Å². The van der Waals surface area contributed by atoms with Crippen molar-refractivity contribution in [1.82, 2.24) is 4.90 Å². The highest BCUT2D eigenvalue weighted by molar-refractivity contribution is 5.95. The van der Waals surface area contributed by atoms with Crippen LogP contribution in [0.5, 0.6) is 11.5 Å². The lowest BCUT2D eigenvalue weighted by molar-refractivity contribution is -0.384. The van der Waals surface area contributed by atoms with Crippen molar-refractivity contribution in [3.63, 3.8) is 0 Å². The van der Waals surface area contributed by atoms with E-state index < -0.39 is 4.92 Å². The first-order valence-electron chi connectivity index (χ1n) is 10.1. The minimum Gasteiger partial charge on any atom is -0.493 e. The van der Waals surface area contributed by atoms with Gasteiger partial charge in [0.05, 0.1) is 18.6 Å². The Kier molecular flexibility index (Phi) is 7.11. The zero-order chi connectivity index (χ0) is 21.5. The van der Waals surface area contributed by atoms with E-state index in [2.05, 4.69) is 11.8 Å². The maximum atomic E-state index is 12.9. The predicted molar refractivity (Wildman–Crippen MR) is 115 cm³/mol. The summed E-state index contributed by atoms with van der Waals surface area (Å²) >= 11 is 0. The standard InChI is InChI=1S/C22H27N3O5/c1-3-4-15-30-20-10-5-17(16-21(20)29-2)22(26)24-13-11-23(12-14-24)18-6-8-19(9-7-18)25(27)28/h5-10,16H,3-4,11-15H2,1-2H3. The van der Waals surface area contributed by atoms with E-state index in [0.29, 0.717) is 49.8 Å². The van der Waals surface area contributed by atoms with Crippen molar-refractivity contribution in [3.8, 4) is 11.5 Å². The molecule has 8 nitrogen and oxygen atoms in total. The largest absolute Gasteiger partial charge is 0.493 e. The smallest absolute Gasteiger partial charge is 0.269 e. The highest BCUT2D eigenvalue weighted by atomic mass is 16.6. The molecule has 160 valence electrons. The van der Waals surface area contributed by atoms with E-state index in [-0.39, 0.29) is 11.6 Å². The van der Waals surface area contributed by atoms with Crippen molar-refractivity contribution < 1.29 is 19.2 Å². The van der Waals surface area contributed by atoms with Crippen molar-refractivity contribution in [2.75, 3.05) is 44.8 Å². The number of amides is 1. The van der Waals surface area contributed by atoms with Gasteiger partial charge in [-0.25, -0.2) is 0 Å². The molecule has 0 spiro atoms. The molecule has 3 rings (SSSR count). The number of benzene rings is 2. The number of unbranched alkanes of at least 4 members (excludes halogenated alkanes) is 1. The second kappa shape index (κ2) is 9.96. The topological polar surface area (TPSA) is 85.2 Å². The molecule has 0 unspecified atom stereocenters. The number of ether oxygens (including phenoxy) is 2. The lowest BCUT2D eigenvalue weighted by atomic mass is 10.1. The summed E-state index contributed by atoms with van der Waals surface area (Å²) in [5, 5.41) is 10.8. The van der Waals surface area contributed by atoms with Crippen LogP contribution in [0.3, 0.4) is 0 Å². The van der Waals surface area contributed by atoms with Gasteiger partial charge in [0.1, 0.15) is 0 Å². The predicted octanol–water partition coefficient (Wildman–Crippen LogP) is 3.74. The molecule has 1 saturated heterocycles. The molecule has 0 atom stereocenters. The summed E-state index contributed by atoms with van der Waals surface area (Å²) in [5.74, 6) is 1.16. The summed E-state index contributed by atoms with van der Waals surface area (Å²) < 4.78 is 11.1. The number of carbonyl (C=O) groups is 1. The average molecular weight is 413 g/mol. The molecule has 30 heavy (non-hydrogen) atoms. The Balaban J connectivity index is 1.61. The van der Waals surface area contributed by atoms with Gasteiger partial charge >= 0.3 is 0 Å². The van der Waals surface area contributed by atoms with Gasteiger partial charge in [0.15, 0.2) is 11.5 Å². The van der Waals surface area contributed by atoms with Crippen LogP contribution in [0.4, 0.5) is 11.4 Å². The van der Waals surface area contributed by atoms with E-state index in [1.165, 1.54) is 12.1 Å².